The summed E-state index contributed by atoms with van der Waals surface area (Å²) in [6.45, 7) is 7.60. The highest BCUT2D eigenvalue weighted by Gasteiger charge is 2.18. The van der Waals surface area contributed by atoms with Gasteiger partial charge < -0.3 is 15.0 Å². The standard InChI is InChI=1S/C19H24ClN3O2S/c1-15-6-13-26-18(15)14-23(8-7-22-9-11-25-12-10-22)19(24)21-17-4-2-16(20)3-5-17/h2-6,13H,7-12,14H2,1H3,(H,21,24). The van der Waals surface area contributed by atoms with Crippen LogP contribution in [0.4, 0.5) is 10.5 Å². The summed E-state index contributed by atoms with van der Waals surface area (Å²) in [4.78, 5) is 18.3. The molecule has 2 amide bonds. The smallest absolute Gasteiger partial charge is 0.322 e. The minimum Gasteiger partial charge on any atom is -0.379 e. The molecule has 140 valence electrons. The highest BCUT2D eigenvalue weighted by atomic mass is 35.5. The van der Waals surface area contributed by atoms with Crippen molar-refractivity contribution in [2.75, 3.05) is 44.7 Å². The fraction of sp³-hybridized carbons (Fsp3) is 0.421. The first-order chi connectivity index (χ1) is 12.6. The Morgan fingerprint density at radius 1 is 1.27 bits per heavy atom. The number of anilines is 1. The number of ether oxygens (including phenoxy) is 1. The van der Waals surface area contributed by atoms with Crippen molar-refractivity contribution >= 4 is 34.7 Å². The molecule has 3 rings (SSSR count). The zero-order chi connectivity index (χ0) is 18.4. The van der Waals surface area contributed by atoms with Gasteiger partial charge in [-0.2, -0.15) is 0 Å². The molecule has 1 N–H and O–H groups in total. The van der Waals surface area contributed by atoms with Crippen LogP contribution in [0.3, 0.4) is 0 Å². The Morgan fingerprint density at radius 3 is 2.65 bits per heavy atom. The zero-order valence-corrected chi connectivity index (χ0v) is 16.5. The third kappa shape index (κ3) is 5.45. The van der Waals surface area contributed by atoms with E-state index in [1.807, 2.05) is 17.0 Å². The van der Waals surface area contributed by atoms with Crippen molar-refractivity contribution < 1.29 is 9.53 Å². The lowest BCUT2D eigenvalue weighted by molar-refractivity contribution is 0.0349. The number of halogens is 1. The number of carbonyl (C=O) groups is 1. The lowest BCUT2D eigenvalue weighted by Gasteiger charge is -2.30. The quantitative estimate of drug-likeness (QED) is 0.804. The molecular weight excluding hydrogens is 370 g/mol. The van der Waals surface area contributed by atoms with E-state index in [0.29, 0.717) is 18.1 Å². The fourth-order valence-electron chi connectivity index (χ4n) is 2.81. The van der Waals surface area contributed by atoms with Crippen molar-refractivity contribution in [1.29, 1.82) is 0 Å². The van der Waals surface area contributed by atoms with Crippen LogP contribution in [-0.4, -0.2) is 55.2 Å². The molecule has 26 heavy (non-hydrogen) atoms. The first kappa shape index (κ1) is 19.2. The summed E-state index contributed by atoms with van der Waals surface area (Å²) in [5.74, 6) is 0. The summed E-state index contributed by atoms with van der Waals surface area (Å²) >= 11 is 7.61. The first-order valence-corrected chi connectivity index (χ1v) is 10.0. The van der Waals surface area contributed by atoms with Gasteiger partial charge in [-0.1, -0.05) is 11.6 Å². The number of hydrogen-bond acceptors (Lipinski definition) is 4. The van der Waals surface area contributed by atoms with Crippen molar-refractivity contribution in [2.45, 2.75) is 13.5 Å². The van der Waals surface area contributed by atoms with E-state index in [9.17, 15) is 4.79 Å². The van der Waals surface area contributed by atoms with Gasteiger partial charge in [0.25, 0.3) is 0 Å². The van der Waals surface area contributed by atoms with E-state index in [2.05, 4.69) is 28.6 Å². The number of benzene rings is 1. The molecule has 1 aromatic carbocycles. The van der Waals surface area contributed by atoms with Gasteiger partial charge >= 0.3 is 6.03 Å². The van der Waals surface area contributed by atoms with Crippen molar-refractivity contribution in [2.24, 2.45) is 0 Å². The van der Waals surface area contributed by atoms with Crippen LogP contribution in [0.25, 0.3) is 0 Å². The molecule has 0 saturated carbocycles. The van der Waals surface area contributed by atoms with Crippen LogP contribution >= 0.6 is 22.9 Å². The molecule has 1 aliphatic rings. The highest BCUT2D eigenvalue weighted by Crippen LogP contribution is 2.19. The zero-order valence-electron chi connectivity index (χ0n) is 14.9. The van der Waals surface area contributed by atoms with Crippen LogP contribution in [0, 0.1) is 6.92 Å². The summed E-state index contributed by atoms with van der Waals surface area (Å²) in [7, 11) is 0. The average Bonchev–Trinajstić information content (AvgIpc) is 3.06. The fourth-order valence-corrected chi connectivity index (χ4v) is 3.86. The normalized spacial score (nSPS) is 15.0. The summed E-state index contributed by atoms with van der Waals surface area (Å²) in [6.07, 6.45) is 0. The Kier molecular flexibility index (Phi) is 6.91. The van der Waals surface area contributed by atoms with E-state index >= 15 is 0 Å². The van der Waals surface area contributed by atoms with Crippen molar-refractivity contribution in [1.82, 2.24) is 9.80 Å². The van der Waals surface area contributed by atoms with E-state index in [4.69, 9.17) is 16.3 Å². The molecule has 5 nitrogen and oxygen atoms in total. The minimum atomic E-state index is -0.0895. The molecule has 7 heteroatoms. The molecule has 0 radical (unpaired) electrons. The lowest BCUT2D eigenvalue weighted by atomic mass is 10.2. The number of morpholine rings is 1. The number of aryl methyl sites for hydroxylation is 1. The average molecular weight is 394 g/mol. The number of urea groups is 1. The van der Waals surface area contributed by atoms with Crippen molar-refractivity contribution in [3.05, 3.63) is 51.2 Å². The van der Waals surface area contributed by atoms with Crippen LogP contribution < -0.4 is 5.32 Å². The number of hydrogen-bond donors (Lipinski definition) is 1. The highest BCUT2D eigenvalue weighted by molar-refractivity contribution is 7.10. The maximum Gasteiger partial charge on any atom is 0.322 e. The van der Waals surface area contributed by atoms with Gasteiger partial charge in [-0.05, 0) is 48.2 Å². The van der Waals surface area contributed by atoms with Crippen molar-refractivity contribution in [3.8, 4) is 0 Å². The second-order valence-electron chi connectivity index (χ2n) is 6.34. The summed E-state index contributed by atoms with van der Waals surface area (Å²) in [5, 5.41) is 5.70. The summed E-state index contributed by atoms with van der Waals surface area (Å²) in [5.41, 5.74) is 1.98. The number of amides is 2. The first-order valence-electron chi connectivity index (χ1n) is 8.76. The van der Waals surface area contributed by atoms with Gasteiger partial charge in [-0.15, -0.1) is 11.3 Å². The van der Waals surface area contributed by atoms with E-state index < -0.39 is 0 Å². The van der Waals surface area contributed by atoms with Gasteiger partial charge in [-0.25, -0.2) is 4.79 Å². The molecule has 2 heterocycles. The van der Waals surface area contributed by atoms with Gasteiger partial charge in [0, 0.05) is 41.8 Å². The topological polar surface area (TPSA) is 44.8 Å². The second-order valence-corrected chi connectivity index (χ2v) is 7.78. The Bertz CT molecular complexity index is 714. The minimum absolute atomic E-state index is 0.0895. The van der Waals surface area contributed by atoms with E-state index in [1.54, 1.807) is 23.5 Å². The number of nitrogens with one attached hydrogen (secondary N) is 1. The molecule has 0 spiro atoms. The Balaban J connectivity index is 1.65. The Morgan fingerprint density at radius 2 is 2.00 bits per heavy atom. The van der Waals surface area contributed by atoms with Gasteiger partial charge in [0.15, 0.2) is 0 Å². The second kappa shape index (κ2) is 9.37. The third-order valence-electron chi connectivity index (χ3n) is 4.48. The van der Waals surface area contributed by atoms with Crippen LogP contribution in [0.1, 0.15) is 10.4 Å². The molecule has 0 unspecified atom stereocenters. The lowest BCUT2D eigenvalue weighted by Crippen LogP contribution is -2.44. The molecule has 2 aromatic rings. The van der Waals surface area contributed by atoms with E-state index in [-0.39, 0.29) is 6.03 Å². The Hall–Kier alpha value is -1.60. The molecule has 1 saturated heterocycles. The number of carbonyl (C=O) groups excluding carboxylic acids is 1. The van der Waals surface area contributed by atoms with Gasteiger partial charge in [0.1, 0.15) is 0 Å². The van der Waals surface area contributed by atoms with Crippen molar-refractivity contribution in [3.63, 3.8) is 0 Å². The molecular formula is C19H24ClN3O2S. The number of thiophene rings is 1. The molecule has 0 bridgehead atoms. The predicted molar refractivity (Wildman–Crippen MR) is 107 cm³/mol. The third-order valence-corrected chi connectivity index (χ3v) is 5.73. The van der Waals surface area contributed by atoms with Crippen LogP contribution in [0.5, 0.6) is 0 Å². The Labute approximate surface area is 163 Å². The largest absolute Gasteiger partial charge is 0.379 e. The maximum atomic E-state index is 12.9. The van der Waals surface area contributed by atoms with Gasteiger partial charge in [-0.3, -0.25) is 4.90 Å². The molecule has 1 aromatic heterocycles. The predicted octanol–water partition coefficient (Wildman–Crippen LogP) is 4.08. The number of rotatable bonds is 6. The summed E-state index contributed by atoms with van der Waals surface area (Å²) < 4.78 is 5.40. The van der Waals surface area contributed by atoms with Crippen LogP contribution in [-0.2, 0) is 11.3 Å². The maximum absolute atomic E-state index is 12.9. The van der Waals surface area contributed by atoms with Crippen LogP contribution in [0.2, 0.25) is 5.02 Å². The monoisotopic (exact) mass is 393 g/mol. The van der Waals surface area contributed by atoms with E-state index in [1.165, 1.54) is 10.4 Å². The van der Waals surface area contributed by atoms with Gasteiger partial charge in [0.2, 0.25) is 0 Å². The molecule has 1 fully saturated rings. The molecule has 0 atom stereocenters. The SMILES string of the molecule is Cc1ccsc1CN(CCN1CCOCC1)C(=O)Nc1ccc(Cl)cc1. The molecule has 1 aliphatic heterocycles. The van der Waals surface area contributed by atoms with Gasteiger partial charge in [0.05, 0.1) is 19.8 Å². The summed E-state index contributed by atoms with van der Waals surface area (Å²) in [6, 6.07) is 9.19. The number of nitrogens with zero attached hydrogens (tertiary/aromatic N) is 2. The van der Waals surface area contributed by atoms with Crippen LogP contribution in [0.15, 0.2) is 35.7 Å². The molecule has 0 aliphatic carbocycles. The van der Waals surface area contributed by atoms with E-state index in [0.717, 1.165) is 38.5 Å².